The first-order chi connectivity index (χ1) is 14.0. The number of H-pyrrole nitrogens is 1. The number of hydrogen-bond donors (Lipinski definition) is 1. The van der Waals surface area contributed by atoms with Crippen LogP contribution in [-0.4, -0.2) is 56.5 Å². The Bertz CT molecular complexity index is 1150. The van der Waals surface area contributed by atoms with Crippen LogP contribution in [0.1, 0.15) is 28.8 Å². The topological polar surface area (TPSA) is 111 Å². The van der Waals surface area contributed by atoms with Crippen molar-refractivity contribution in [3.8, 4) is 6.07 Å². The lowest BCUT2D eigenvalue weighted by Gasteiger charge is -2.36. The largest absolute Gasteiger partial charge is 0.357 e. The summed E-state index contributed by atoms with van der Waals surface area (Å²) < 4.78 is 1.44. The first kappa shape index (κ1) is 18.7. The molecule has 3 aromatic rings. The van der Waals surface area contributed by atoms with Crippen LogP contribution in [0.3, 0.4) is 0 Å². The second-order valence-corrected chi connectivity index (χ2v) is 7.24. The zero-order valence-electron chi connectivity index (χ0n) is 16.3. The van der Waals surface area contributed by atoms with E-state index in [0.717, 1.165) is 25.9 Å². The number of rotatable bonds is 3. The van der Waals surface area contributed by atoms with Crippen molar-refractivity contribution >= 4 is 22.8 Å². The summed E-state index contributed by atoms with van der Waals surface area (Å²) in [5.41, 5.74) is 1.24. The van der Waals surface area contributed by atoms with Gasteiger partial charge in [-0.05, 0) is 18.9 Å². The molecule has 1 N–H and O–H groups in total. The number of nitrogens with zero attached hydrogens (tertiary/aromatic N) is 6. The van der Waals surface area contributed by atoms with E-state index in [0.29, 0.717) is 28.0 Å². The van der Waals surface area contributed by atoms with Crippen molar-refractivity contribution < 1.29 is 4.79 Å². The van der Waals surface area contributed by atoms with E-state index in [2.05, 4.69) is 19.9 Å². The van der Waals surface area contributed by atoms with Gasteiger partial charge in [0.2, 0.25) is 5.95 Å². The van der Waals surface area contributed by atoms with Crippen LogP contribution < -0.4 is 10.5 Å². The van der Waals surface area contributed by atoms with Gasteiger partial charge in [0.1, 0.15) is 11.6 Å². The molecule has 1 fully saturated rings. The van der Waals surface area contributed by atoms with Crippen LogP contribution in [-0.2, 0) is 7.05 Å². The van der Waals surface area contributed by atoms with E-state index < -0.39 is 0 Å². The fourth-order valence-corrected chi connectivity index (χ4v) is 3.79. The van der Waals surface area contributed by atoms with Gasteiger partial charge in [0, 0.05) is 51.0 Å². The Balaban J connectivity index is 1.48. The van der Waals surface area contributed by atoms with Gasteiger partial charge in [-0.2, -0.15) is 5.26 Å². The van der Waals surface area contributed by atoms with Gasteiger partial charge in [0.05, 0.1) is 23.5 Å². The minimum Gasteiger partial charge on any atom is -0.357 e. The normalized spacial score (nSPS) is 14.7. The van der Waals surface area contributed by atoms with Crippen LogP contribution in [0.2, 0.25) is 0 Å². The molecule has 3 aromatic heterocycles. The molecule has 29 heavy (non-hydrogen) atoms. The summed E-state index contributed by atoms with van der Waals surface area (Å²) in [6.07, 6.45) is 7.90. The summed E-state index contributed by atoms with van der Waals surface area (Å²) >= 11 is 0. The molecule has 4 heterocycles. The number of aryl methyl sites for hydroxylation is 1. The highest BCUT2D eigenvalue weighted by Gasteiger charge is 2.28. The van der Waals surface area contributed by atoms with Crippen molar-refractivity contribution in [3.63, 3.8) is 0 Å². The van der Waals surface area contributed by atoms with Gasteiger partial charge < -0.3 is 19.4 Å². The third-order valence-corrected chi connectivity index (χ3v) is 5.51. The van der Waals surface area contributed by atoms with Crippen LogP contribution in [0.25, 0.3) is 10.9 Å². The molecular formula is C20H21N7O2. The summed E-state index contributed by atoms with van der Waals surface area (Å²) in [7, 11) is 3.46. The molecule has 0 bridgehead atoms. The highest BCUT2D eigenvalue weighted by atomic mass is 16.2. The molecule has 0 atom stereocenters. The van der Waals surface area contributed by atoms with Crippen molar-refractivity contribution in [2.24, 2.45) is 7.05 Å². The number of amides is 1. The SMILES string of the molecule is CN(C(=O)c1cn(C)c(=O)c2[nH]ccc12)C1CCN(c2ncc(C#N)cn2)CC1. The Morgan fingerprint density at radius 2 is 2.00 bits per heavy atom. The van der Waals surface area contributed by atoms with Crippen molar-refractivity contribution in [2.45, 2.75) is 18.9 Å². The maximum Gasteiger partial charge on any atom is 0.274 e. The number of piperidine rings is 1. The standard InChI is InChI=1S/C20H21N7O2/c1-25-12-16(15-3-6-22-17(15)19(25)29)18(28)26(2)14-4-7-27(8-5-14)20-23-10-13(9-21)11-24-20/h3,6,10-12,14,22H,4-5,7-8H2,1-2H3. The van der Waals surface area contributed by atoms with Crippen LogP contribution in [0, 0.1) is 11.3 Å². The molecule has 0 spiro atoms. The van der Waals surface area contributed by atoms with E-state index in [1.165, 1.54) is 17.0 Å². The first-order valence-corrected chi connectivity index (χ1v) is 9.40. The Morgan fingerprint density at radius 1 is 1.31 bits per heavy atom. The second kappa shape index (κ2) is 7.39. The number of nitriles is 1. The number of pyridine rings is 1. The molecule has 0 aliphatic carbocycles. The predicted molar refractivity (Wildman–Crippen MR) is 108 cm³/mol. The molecule has 0 unspecified atom stereocenters. The van der Waals surface area contributed by atoms with Gasteiger partial charge >= 0.3 is 0 Å². The maximum atomic E-state index is 13.2. The second-order valence-electron chi connectivity index (χ2n) is 7.24. The zero-order chi connectivity index (χ0) is 20.5. The van der Waals surface area contributed by atoms with Crippen molar-refractivity contribution in [3.05, 3.63) is 52.3 Å². The number of anilines is 1. The average molecular weight is 391 g/mol. The lowest BCUT2D eigenvalue weighted by molar-refractivity contribution is 0.0710. The van der Waals surface area contributed by atoms with Gasteiger partial charge in [-0.1, -0.05) is 0 Å². The molecule has 1 saturated heterocycles. The third kappa shape index (κ3) is 3.33. The summed E-state index contributed by atoms with van der Waals surface area (Å²) in [5.74, 6) is 0.502. The van der Waals surface area contributed by atoms with Gasteiger partial charge in [-0.25, -0.2) is 9.97 Å². The number of hydrogen-bond acceptors (Lipinski definition) is 6. The molecule has 0 saturated carbocycles. The molecule has 0 radical (unpaired) electrons. The van der Waals surface area contributed by atoms with Crippen LogP contribution in [0.15, 0.2) is 35.6 Å². The van der Waals surface area contributed by atoms with Crippen LogP contribution in [0.5, 0.6) is 0 Å². The van der Waals surface area contributed by atoms with Gasteiger partial charge in [-0.3, -0.25) is 9.59 Å². The van der Waals surface area contributed by atoms with E-state index in [9.17, 15) is 9.59 Å². The van der Waals surface area contributed by atoms with Gasteiger partial charge in [0.15, 0.2) is 0 Å². The van der Waals surface area contributed by atoms with Gasteiger partial charge in [-0.15, -0.1) is 0 Å². The van der Waals surface area contributed by atoms with Gasteiger partial charge in [0.25, 0.3) is 11.5 Å². The molecular weight excluding hydrogens is 370 g/mol. The number of nitrogens with one attached hydrogen (secondary N) is 1. The number of aromatic nitrogens is 4. The fourth-order valence-electron chi connectivity index (χ4n) is 3.79. The Morgan fingerprint density at radius 3 is 2.66 bits per heavy atom. The maximum absolute atomic E-state index is 13.2. The monoisotopic (exact) mass is 391 g/mol. The highest BCUT2D eigenvalue weighted by Crippen LogP contribution is 2.22. The summed E-state index contributed by atoms with van der Waals surface area (Å²) in [6.45, 7) is 1.45. The molecule has 9 nitrogen and oxygen atoms in total. The number of fused-ring (bicyclic) bond motifs is 1. The molecule has 1 aliphatic heterocycles. The molecule has 9 heteroatoms. The zero-order valence-corrected chi connectivity index (χ0v) is 16.3. The quantitative estimate of drug-likeness (QED) is 0.720. The fraction of sp³-hybridized carbons (Fsp3) is 0.350. The van der Waals surface area contributed by atoms with Crippen LogP contribution >= 0.6 is 0 Å². The molecule has 4 rings (SSSR count). The summed E-state index contributed by atoms with van der Waals surface area (Å²) in [6, 6.07) is 3.87. The Hall–Kier alpha value is -3.67. The molecule has 1 amide bonds. The van der Waals surface area contributed by atoms with Crippen molar-refractivity contribution in [2.75, 3.05) is 25.0 Å². The first-order valence-electron chi connectivity index (χ1n) is 9.40. The van der Waals surface area contributed by atoms with Crippen molar-refractivity contribution in [1.82, 2.24) is 24.4 Å². The minimum absolute atomic E-state index is 0.0864. The van der Waals surface area contributed by atoms with E-state index in [1.807, 2.05) is 13.1 Å². The minimum atomic E-state index is -0.153. The van der Waals surface area contributed by atoms with Crippen LogP contribution in [0.4, 0.5) is 5.95 Å². The Kier molecular flexibility index (Phi) is 4.76. The summed E-state index contributed by atoms with van der Waals surface area (Å²) in [5, 5.41) is 9.51. The predicted octanol–water partition coefficient (Wildman–Crippen LogP) is 1.27. The third-order valence-electron chi connectivity index (χ3n) is 5.51. The molecule has 1 aliphatic rings. The highest BCUT2D eigenvalue weighted by molar-refractivity contribution is 6.05. The van der Waals surface area contributed by atoms with E-state index in [4.69, 9.17) is 5.26 Å². The number of carbonyl (C=O) groups is 1. The molecule has 0 aromatic carbocycles. The Labute approximate surface area is 167 Å². The van der Waals surface area contributed by atoms with Crippen molar-refractivity contribution in [1.29, 1.82) is 5.26 Å². The smallest absolute Gasteiger partial charge is 0.274 e. The lowest BCUT2D eigenvalue weighted by atomic mass is 10.0. The number of carbonyl (C=O) groups excluding carboxylic acids is 1. The molecule has 148 valence electrons. The van der Waals surface area contributed by atoms with E-state index >= 15 is 0 Å². The average Bonchev–Trinajstić information content (AvgIpc) is 3.26. The summed E-state index contributed by atoms with van der Waals surface area (Å²) in [4.78, 5) is 40.6. The number of aromatic amines is 1. The lowest BCUT2D eigenvalue weighted by Crippen LogP contribution is -2.46. The van der Waals surface area contributed by atoms with E-state index in [-0.39, 0.29) is 17.5 Å². The van der Waals surface area contributed by atoms with E-state index in [1.54, 1.807) is 30.4 Å².